The standard InChI is InChI=1S/C15H24N4O2/c1-2-3-12-6-8-18(9-7-12)11-13-10-14(19(20)21)4-5-15(13)17-16/h4-5,10,12,17H,2-3,6-9,11,16H2,1H3. The fourth-order valence-corrected chi connectivity index (χ4v) is 3.05. The molecule has 2 rings (SSSR count). The lowest BCUT2D eigenvalue weighted by molar-refractivity contribution is -0.384. The van der Waals surface area contributed by atoms with Gasteiger partial charge in [0.25, 0.3) is 5.69 Å². The number of hydrazine groups is 1. The average molecular weight is 292 g/mol. The molecule has 116 valence electrons. The number of likely N-dealkylation sites (tertiary alicyclic amines) is 1. The van der Waals surface area contributed by atoms with Crippen LogP contribution in [0, 0.1) is 16.0 Å². The van der Waals surface area contributed by atoms with E-state index in [0.29, 0.717) is 6.54 Å². The number of piperidine rings is 1. The molecule has 0 atom stereocenters. The van der Waals surface area contributed by atoms with E-state index in [1.165, 1.54) is 31.7 Å². The number of non-ortho nitro benzene ring substituents is 1. The van der Waals surface area contributed by atoms with Gasteiger partial charge in [-0.05, 0) is 43.5 Å². The van der Waals surface area contributed by atoms with Gasteiger partial charge in [0.2, 0.25) is 0 Å². The number of rotatable bonds is 6. The van der Waals surface area contributed by atoms with Crippen molar-refractivity contribution in [1.82, 2.24) is 4.90 Å². The number of anilines is 1. The summed E-state index contributed by atoms with van der Waals surface area (Å²) < 4.78 is 0. The van der Waals surface area contributed by atoms with Crippen molar-refractivity contribution in [3.05, 3.63) is 33.9 Å². The van der Waals surface area contributed by atoms with Gasteiger partial charge in [-0.15, -0.1) is 0 Å². The highest BCUT2D eigenvalue weighted by Gasteiger charge is 2.20. The second-order valence-corrected chi connectivity index (χ2v) is 5.75. The summed E-state index contributed by atoms with van der Waals surface area (Å²) in [5.41, 5.74) is 4.40. The zero-order chi connectivity index (χ0) is 15.2. The normalized spacial score (nSPS) is 16.9. The first-order chi connectivity index (χ1) is 10.1. The predicted octanol–water partition coefficient (Wildman–Crippen LogP) is 2.89. The number of hydrogen-bond donors (Lipinski definition) is 2. The highest BCUT2D eigenvalue weighted by Crippen LogP contribution is 2.26. The van der Waals surface area contributed by atoms with Crippen LogP contribution in [-0.4, -0.2) is 22.9 Å². The average Bonchev–Trinajstić information content (AvgIpc) is 2.49. The van der Waals surface area contributed by atoms with Crippen LogP contribution in [0.4, 0.5) is 11.4 Å². The van der Waals surface area contributed by atoms with Gasteiger partial charge in [-0.1, -0.05) is 19.8 Å². The number of nitro groups is 1. The first-order valence-electron chi connectivity index (χ1n) is 7.60. The Morgan fingerprint density at radius 3 is 2.71 bits per heavy atom. The molecule has 1 aliphatic rings. The number of nitrogens with two attached hydrogens (primary N) is 1. The SMILES string of the molecule is CCCC1CCN(Cc2cc([N+](=O)[O-])ccc2NN)CC1. The molecule has 0 amide bonds. The maximum Gasteiger partial charge on any atom is 0.269 e. The monoisotopic (exact) mass is 292 g/mol. The van der Waals surface area contributed by atoms with Crippen LogP contribution >= 0.6 is 0 Å². The summed E-state index contributed by atoms with van der Waals surface area (Å²) in [6.45, 7) is 5.05. The third kappa shape index (κ3) is 4.15. The Hall–Kier alpha value is -1.66. The van der Waals surface area contributed by atoms with Gasteiger partial charge in [-0.2, -0.15) is 0 Å². The molecule has 6 nitrogen and oxygen atoms in total. The summed E-state index contributed by atoms with van der Waals surface area (Å²) in [6, 6.07) is 4.77. The van der Waals surface area contributed by atoms with E-state index in [9.17, 15) is 10.1 Å². The molecule has 1 fully saturated rings. The number of nitro benzene ring substituents is 1. The Labute approximate surface area is 125 Å². The molecule has 1 aromatic carbocycles. The first kappa shape index (κ1) is 15.7. The van der Waals surface area contributed by atoms with Crippen molar-refractivity contribution in [2.45, 2.75) is 39.2 Å². The van der Waals surface area contributed by atoms with E-state index in [-0.39, 0.29) is 10.6 Å². The molecule has 21 heavy (non-hydrogen) atoms. The van der Waals surface area contributed by atoms with E-state index >= 15 is 0 Å². The third-order valence-corrected chi connectivity index (χ3v) is 4.25. The molecule has 0 bridgehead atoms. The highest BCUT2D eigenvalue weighted by molar-refractivity contribution is 5.55. The van der Waals surface area contributed by atoms with Crippen molar-refractivity contribution < 1.29 is 4.92 Å². The van der Waals surface area contributed by atoms with E-state index in [1.807, 2.05) is 0 Å². The van der Waals surface area contributed by atoms with Gasteiger partial charge in [0.15, 0.2) is 0 Å². The molecule has 0 saturated carbocycles. The highest BCUT2D eigenvalue weighted by atomic mass is 16.6. The molecule has 0 radical (unpaired) electrons. The molecule has 3 N–H and O–H groups in total. The van der Waals surface area contributed by atoms with E-state index < -0.39 is 0 Å². The second kappa shape index (κ2) is 7.38. The van der Waals surface area contributed by atoms with Crippen molar-refractivity contribution in [2.24, 2.45) is 11.8 Å². The van der Waals surface area contributed by atoms with E-state index in [2.05, 4.69) is 17.2 Å². The molecule has 0 spiro atoms. The molecule has 1 aromatic rings. The predicted molar refractivity (Wildman–Crippen MR) is 83.8 cm³/mol. The van der Waals surface area contributed by atoms with Crippen molar-refractivity contribution >= 4 is 11.4 Å². The van der Waals surface area contributed by atoms with Gasteiger partial charge in [-0.3, -0.25) is 20.9 Å². The number of hydrogen-bond acceptors (Lipinski definition) is 5. The van der Waals surface area contributed by atoms with Crippen LogP contribution in [-0.2, 0) is 6.54 Å². The quantitative estimate of drug-likeness (QED) is 0.478. The molecule has 1 aliphatic heterocycles. The Kier molecular flexibility index (Phi) is 5.52. The molecule has 0 unspecified atom stereocenters. The zero-order valence-electron chi connectivity index (χ0n) is 12.5. The van der Waals surface area contributed by atoms with E-state index in [1.54, 1.807) is 12.1 Å². The molecule has 6 heteroatoms. The van der Waals surface area contributed by atoms with Gasteiger partial charge in [0, 0.05) is 18.7 Å². The van der Waals surface area contributed by atoms with Gasteiger partial charge < -0.3 is 5.43 Å². The maximum absolute atomic E-state index is 10.9. The van der Waals surface area contributed by atoms with Crippen LogP contribution < -0.4 is 11.3 Å². The lowest BCUT2D eigenvalue weighted by Gasteiger charge is -2.32. The summed E-state index contributed by atoms with van der Waals surface area (Å²) in [7, 11) is 0. The Morgan fingerprint density at radius 1 is 1.43 bits per heavy atom. The second-order valence-electron chi connectivity index (χ2n) is 5.75. The minimum atomic E-state index is -0.364. The molecular formula is C15H24N4O2. The number of benzene rings is 1. The van der Waals surface area contributed by atoms with E-state index in [0.717, 1.165) is 30.3 Å². The maximum atomic E-state index is 10.9. The molecular weight excluding hydrogens is 268 g/mol. The fourth-order valence-electron chi connectivity index (χ4n) is 3.05. The number of nitrogens with zero attached hydrogens (tertiary/aromatic N) is 2. The largest absolute Gasteiger partial charge is 0.324 e. The van der Waals surface area contributed by atoms with Crippen molar-refractivity contribution in [2.75, 3.05) is 18.5 Å². The molecule has 1 heterocycles. The van der Waals surface area contributed by atoms with Crippen molar-refractivity contribution in [3.63, 3.8) is 0 Å². The van der Waals surface area contributed by atoms with Crippen LogP contribution in [0.2, 0.25) is 0 Å². The van der Waals surface area contributed by atoms with Crippen LogP contribution in [0.3, 0.4) is 0 Å². The zero-order valence-corrected chi connectivity index (χ0v) is 12.5. The van der Waals surface area contributed by atoms with Gasteiger partial charge in [-0.25, -0.2) is 0 Å². The summed E-state index contributed by atoms with van der Waals surface area (Å²) in [5.74, 6) is 6.34. The lowest BCUT2D eigenvalue weighted by Crippen LogP contribution is -2.33. The molecule has 0 aliphatic carbocycles. The van der Waals surface area contributed by atoms with Crippen molar-refractivity contribution in [3.8, 4) is 0 Å². The minimum Gasteiger partial charge on any atom is -0.324 e. The minimum absolute atomic E-state index is 0.116. The van der Waals surface area contributed by atoms with Gasteiger partial charge in [0.1, 0.15) is 0 Å². The summed E-state index contributed by atoms with van der Waals surface area (Å²) >= 11 is 0. The van der Waals surface area contributed by atoms with Crippen LogP contribution in [0.25, 0.3) is 0 Å². The Morgan fingerprint density at radius 2 is 2.14 bits per heavy atom. The molecule has 1 saturated heterocycles. The van der Waals surface area contributed by atoms with Crippen LogP contribution in [0.1, 0.15) is 38.2 Å². The van der Waals surface area contributed by atoms with Gasteiger partial charge in [0.05, 0.1) is 10.6 Å². The van der Waals surface area contributed by atoms with Gasteiger partial charge >= 0.3 is 0 Å². The lowest BCUT2D eigenvalue weighted by atomic mass is 9.92. The smallest absolute Gasteiger partial charge is 0.269 e. The third-order valence-electron chi connectivity index (χ3n) is 4.25. The summed E-state index contributed by atoms with van der Waals surface area (Å²) in [6.07, 6.45) is 4.99. The Balaban J connectivity index is 2.02. The number of nitrogens with one attached hydrogen (secondary N) is 1. The Bertz CT molecular complexity index is 485. The van der Waals surface area contributed by atoms with Crippen LogP contribution in [0.5, 0.6) is 0 Å². The number of nitrogen functional groups attached to an aromatic ring is 1. The molecule has 0 aromatic heterocycles. The van der Waals surface area contributed by atoms with Crippen LogP contribution in [0.15, 0.2) is 18.2 Å². The first-order valence-corrected chi connectivity index (χ1v) is 7.60. The topological polar surface area (TPSA) is 84.4 Å². The summed E-state index contributed by atoms with van der Waals surface area (Å²) in [4.78, 5) is 12.9. The van der Waals surface area contributed by atoms with E-state index in [4.69, 9.17) is 5.84 Å². The summed E-state index contributed by atoms with van der Waals surface area (Å²) in [5, 5.41) is 10.9. The van der Waals surface area contributed by atoms with Crippen molar-refractivity contribution in [1.29, 1.82) is 0 Å². The fraction of sp³-hybridized carbons (Fsp3) is 0.600.